The minimum absolute atomic E-state index is 0.0461. The van der Waals surface area contributed by atoms with Crippen LogP contribution in [0.5, 0.6) is 5.75 Å². The molecule has 5 rings (SSSR count). The van der Waals surface area contributed by atoms with Crippen molar-refractivity contribution >= 4 is 24.6 Å². The molecule has 2 aliphatic heterocycles. The number of phenolic OH excluding ortho intramolecular Hbond substituents is 1. The first-order valence-corrected chi connectivity index (χ1v) is 12.2. The van der Waals surface area contributed by atoms with E-state index in [1.54, 1.807) is 12.1 Å². The largest absolute Gasteiger partial charge is 0.508 e. The van der Waals surface area contributed by atoms with Gasteiger partial charge in [-0.15, -0.1) is 0 Å². The average Bonchev–Trinajstić information content (AvgIpc) is 3.12. The summed E-state index contributed by atoms with van der Waals surface area (Å²) in [4.78, 5) is 27.6. The maximum absolute atomic E-state index is 13.7. The number of anilines is 1. The lowest BCUT2D eigenvalue weighted by atomic mass is 9.55. The number of rotatable bonds is 4. The normalized spacial score (nSPS) is 25.4. The Balaban J connectivity index is 1.58. The van der Waals surface area contributed by atoms with Gasteiger partial charge in [0.05, 0.1) is 41.4 Å². The van der Waals surface area contributed by atoms with Gasteiger partial charge in [-0.3, -0.25) is 9.59 Å². The summed E-state index contributed by atoms with van der Waals surface area (Å²) in [6.07, 6.45) is -11.2. The third kappa shape index (κ3) is 4.88. The monoisotopic (exact) mass is 569 g/mol. The first-order chi connectivity index (χ1) is 18.7. The zero-order chi connectivity index (χ0) is 29.1. The molecule has 40 heavy (non-hydrogen) atoms. The Hall–Kier alpha value is -3.36. The van der Waals surface area contributed by atoms with Gasteiger partial charge in [-0.1, -0.05) is 12.1 Å². The van der Waals surface area contributed by atoms with Crippen molar-refractivity contribution in [2.45, 2.75) is 31.3 Å². The third-order valence-electron chi connectivity index (χ3n) is 7.60. The maximum Gasteiger partial charge on any atom is 0.487 e. The number of imide groups is 1. The molecule has 2 fully saturated rings. The summed E-state index contributed by atoms with van der Waals surface area (Å²) in [5.74, 6) is -5.11. The number of methoxy groups -OCH3 is 1. The highest BCUT2D eigenvalue weighted by atomic mass is 19.4. The van der Waals surface area contributed by atoms with Gasteiger partial charge in [0.15, 0.2) is 0 Å². The van der Waals surface area contributed by atoms with Gasteiger partial charge < -0.3 is 19.5 Å². The molecule has 1 aliphatic carbocycles. The molecule has 3 aliphatic rings. The quantitative estimate of drug-likeness (QED) is 0.316. The number of hydrogen-bond donors (Lipinski definition) is 2. The Morgan fingerprint density at radius 3 is 2.23 bits per heavy atom. The number of fused-ring (bicyclic) bond motifs is 3. The molecule has 2 amide bonds. The van der Waals surface area contributed by atoms with Gasteiger partial charge in [0.1, 0.15) is 5.75 Å². The number of phenols is 1. The molecule has 2 aromatic rings. The van der Waals surface area contributed by atoms with E-state index >= 15 is 0 Å². The van der Waals surface area contributed by atoms with Crippen LogP contribution < -0.4 is 4.90 Å². The Morgan fingerprint density at radius 2 is 1.65 bits per heavy atom. The zero-order valence-electron chi connectivity index (χ0n) is 20.8. The molecule has 0 spiro atoms. The first-order valence-electron chi connectivity index (χ1n) is 12.2. The SMILES string of the molecule is COCC1=C2B(O)O[C@H](c3cccc(O)c3)C[C@H]2[C@H]2C(=O)N(c3cc(C(F)(F)F)cc(C(F)(F)F)c3)C(=O)[C@H]2C1. The number of benzene rings is 2. The highest BCUT2D eigenvalue weighted by molar-refractivity contribution is 6.53. The minimum Gasteiger partial charge on any atom is -0.508 e. The summed E-state index contributed by atoms with van der Waals surface area (Å²) in [5, 5.41) is 20.8. The number of carbonyl (C=O) groups is 2. The summed E-state index contributed by atoms with van der Waals surface area (Å²) in [7, 11) is -0.158. The standard InChI is InChI=1S/C26H22BF6NO6/c1-39-11-13-6-19-21(18-10-20(40-27(38)22(13)18)12-3-2-4-17(35)5-12)24(37)34(23(19)36)16-8-14(25(28,29)30)7-15(9-16)26(31,32)33/h2-5,7-9,18-21,35,38H,6,10-11H2,1H3/t18-,19-,20-,21+/m0/s1. The van der Waals surface area contributed by atoms with Crippen LogP contribution in [0.3, 0.4) is 0 Å². The van der Waals surface area contributed by atoms with Gasteiger partial charge in [0, 0.05) is 7.11 Å². The lowest BCUT2D eigenvalue weighted by molar-refractivity contribution is -0.143. The van der Waals surface area contributed by atoms with Crippen molar-refractivity contribution < 1.29 is 55.5 Å². The van der Waals surface area contributed by atoms with Crippen molar-refractivity contribution in [1.82, 2.24) is 0 Å². The van der Waals surface area contributed by atoms with E-state index in [1.165, 1.54) is 19.2 Å². The molecule has 0 unspecified atom stereocenters. The van der Waals surface area contributed by atoms with Crippen LogP contribution >= 0.6 is 0 Å². The molecule has 2 aromatic carbocycles. The molecule has 212 valence electrons. The van der Waals surface area contributed by atoms with E-state index in [9.17, 15) is 46.1 Å². The first kappa shape index (κ1) is 28.2. The van der Waals surface area contributed by atoms with Crippen LogP contribution in [0.4, 0.5) is 32.0 Å². The van der Waals surface area contributed by atoms with E-state index in [1.807, 2.05) is 0 Å². The lowest BCUT2D eigenvalue weighted by Crippen LogP contribution is -2.45. The van der Waals surface area contributed by atoms with Crippen molar-refractivity contribution in [1.29, 1.82) is 0 Å². The van der Waals surface area contributed by atoms with Crippen molar-refractivity contribution in [2.75, 3.05) is 18.6 Å². The maximum atomic E-state index is 13.7. The number of nitrogens with zero attached hydrogens (tertiary/aromatic N) is 1. The Bertz CT molecular complexity index is 1360. The third-order valence-corrected chi connectivity index (χ3v) is 7.60. The molecule has 2 N–H and O–H groups in total. The molecule has 14 heteroatoms. The van der Waals surface area contributed by atoms with Gasteiger partial charge in [-0.25, -0.2) is 4.90 Å². The summed E-state index contributed by atoms with van der Waals surface area (Å²) < 4.78 is 92.1. The summed E-state index contributed by atoms with van der Waals surface area (Å²) >= 11 is 0. The molecule has 4 atom stereocenters. The van der Waals surface area contributed by atoms with Crippen LogP contribution in [0, 0.1) is 17.8 Å². The molecular formula is C26H22BF6NO6. The molecule has 2 heterocycles. The number of carbonyl (C=O) groups excluding carboxylic acids is 2. The van der Waals surface area contributed by atoms with E-state index in [4.69, 9.17) is 9.39 Å². The molecule has 0 bridgehead atoms. The highest BCUT2D eigenvalue weighted by Crippen LogP contribution is 2.52. The lowest BCUT2D eigenvalue weighted by Gasteiger charge is -2.42. The van der Waals surface area contributed by atoms with Gasteiger partial charge in [-0.05, 0) is 65.7 Å². The number of aromatic hydroxyl groups is 1. The van der Waals surface area contributed by atoms with E-state index in [0.717, 1.165) is 0 Å². The van der Waals surface area contributed by atoms with Crippen LogP contribution in [0.15, 0.2) is 53.5 Å². The fourth-order valence-corrected chi connectivity index (χ4v) is 5.98. The van der Waals surface area contributed by atoms with Crippen LogP contribution in [0.1, 0.15) is 35.6 Å². The Morgan fingerprint density at radius 1 is 1.00 bits per heavy atom. The number of ether oxygens (including phenoxy) is 1. The predicted octanol–water partition coefficient (Wildman–Crippen LogP) is 4.68. The second-order valence-corrected chi connectivity index (χ2v) is 10.0. The van der Waals surface area contributed by atoms with Crippen LogP contribution in [-0.2, 0) is 31.3 Å². The van der Waals surface area contributed by atoms with Crippen LogP contribution in [0.2, 0.25) is 0 Å². The molecular weight excluding hydrogens is 547 g/mol. The second kappa shape index (κ2) is 9.93. The van der Waals surface area contributed by atoms with Crippen LogP contribution in [0.25, 0.3) is 0 Å². The molecule has 0 aromatic heterocycles. The Labute approximate surface area is 224 Å². The average molecular weight is 569 g/mol. The van der Waals surface area contributed by atoms with E-state index in [2.05, 4.69) is 0 Å². The summed E-state index contributed by atoms with van der Waals surface area (Å²) in [6, 6.07) is 6.61. The number of amides is 2. The number of allylic oxidation sites excluding steroid dienone is 1. The van der Waals surface area contributed by atoms with Gasteiger partial charge in [-0.2, -0.15) is 26.3 Å². The van der Waals surface area contributed by atoms with E-state index in [-0.39, 0.29) is 31.3 Å². The zero-order valence-corrected chi connectivity index (χ0v) is 20.8. The van der Waals surface area contributed by atoms with Crippen LogP contribution in [-0.4, -0.2) is 42.8 Å². The summed E-state index contributed by atoms with van der Waals surface area (Å²) in [5.41, 5.74) is -2.93. The molecule has 0 saturated carbocycles. The minimum atomic E-state index is -5.17. The summed E-state index contributed by atoms with van der Waals surface area (Å²) in [6.45, 7) is -0.0461. The van der Waals surface area contributed by atoms with Gasteiger partial charge in [0.2, 0.25) is 11.8 Å². The van der Waals surface area contributed by atoms with Gasteiger partial charge in [0.25, 0.3) is 0 Å². The van der Waals surface area contributed by atoms with Gasteiger partial charge >= 0.3 is 19.5 Å². The number of halogens is 6. The smallest absolute Gasteiger partial charge is 0.487 e. The second-order valence-electron chi connectivity index (χ2n) is 10.0. The van der Waals surface area contributed by atoms with Crippen molar-refractivity contribution in [2.24, 2.45) is 17.8 Å². The number of alkyl halides is 6. The van der Waals surface area contributed by atoms with Crippen molar-refractivity contribution in [3.05, 3.63) is 70.2 Å². The fourth-order valence-electron chi connectivity index (χ4n) is 5.98. The van der Waals surface area contributed by atoms with Crippen molar-refractivity contribution in [3.63, 3.8) is 0 Å². The fraction of sp³-hybridized carbons (Fsp3) is 0.385. The molecule has 0 radical (unpaired) electrons. The van der Waals surface area contributed by atoms with E-state index in [0.29, 0.717) is 33.6 Å². The molecule has 2 saturated heterocycles. The topological polar surface area (TPSA) is 96.3 Å². The van der Waals surface area contributed by atoms with Crippen molar-refractivity contribution in [3.8, 4) is 5.75 Å². The van der Waals surface area contributed by atoms with E-state index < -0.39 is 72.0 Å². The Kier molecular flexibility index (Phi) is 7.00. The number of hydrogen-bond acceptors (Lipinski definition) is 6. The highest BCUT2D eigenvalue weighted by Gasteiger charge is 2.58. The molecule has 7 nitrogen and oxygen atoms in total. The predicted molar refractivity (Wildman–Crippen MR) is 127 cm³/mol.